The molecule has 0 saturated carbocycles. The van der Waals surface area contributed by atoms with Gasteiger partial charge in [0.1, 0.15) is 5.75 Å². The van der Waals surface area contributed by atoms with Crippen molar-refractivity contribution in [1.82, 2.24) is 9.80 Å². The van der Waals surface area contributed by atoms with Gasteiger partial charge >= 0.3 is 0 Å². The number of hydrogen-bond acceptors (Lipinski definition) is 5. The average molecular weight is 394 g/mol. The second-order valence-corrected chi connectivity index (χ2v) is 7.84. The van der Waals surface area contributed by atoms with E-state index in [9.17, 15) is 4.79 Å². The fraction of sp³-hybridized carbons (Fsp3) is 0.273. The molecule has 0 bridgehead atoms. The molecule has 1 fully saturated rings. The van der Waals surface area contributed by atoms with Crippen molar-refractivity contribution >= 4 is 28.9 Å². The van der Waals surface area contributed by atoms with E-state index in [1.807, 2.05) is 36.4 Å². The molecular weight excluding hydrogens is 370 g/mol. The predicted octanol–water partition coefficient (Wildman–Crippen LogP) is 3.48. The number of benzene rings is 2. The molecule has 0 radical (unpaired) electrons. The number of thioether (sulfide) groups is 1. The zero-order chi connectivity index (χ0) is 19.3. The summed E-state index contributed by atoms with van der Waals surface area (Å²) < 4.78 is 5.18. The molecule has 0 aromatic heterocycles. The van der Waals surface area contributed by atoms with E-state index < -0.39 is 0 Å². The summed E-state index contributed by atoms with van der Waals surface area (Å²) in [6, 6.07) is 18.2. The third kappa shape index (κ3) is 4.46. The van der Waals surface area contributed by atoms with Crippen LogP contribution in [0.3, 0.4) is 0 Å². The maximum atomic E-state index is 12.3. The van der Waals surface area contributed by atoms with Crippen LogP contribution in [0.5, 0.6) is 5.75 Å². The van der Waals surface area contributed by atoms with Gasteiger partial charge in [-0.3, -0.25) is 9.69 Å². The Labute approximate surface area is 169 Å². The van der Waals surface area contributed by atoms with Gasteiger partial charge in [-0.15, -0.1) is 0 Å². The number of ether oxygens (including phenoxy) is 1. The van der Waals surface area contributed by atoms with Gasteiger partial charge in [0.05, 0.1) is 12.0 Å². The second kappa shape index (κ2) is 8.63. The fourth-order valence-electron chi connectivity index (χ4n) is 3.32. The number of nitrogens with zero attached hydrogens (tertiary/aromatic N) is 3. The van der Waals surface area contributed by atoms with Crippen molar-refractivity contribution < 1.29 is 9.53 Å². The number of hydrogen-bond donors (Lipinski definition) is 0. The predicted molar refractivity (Wildman–Crippen MR) is 114 cm³/mol. The Morgan fingerprint density at radius 3 is 2.43 bits per heavy atom. The van der Waals surface area contributed by atoms with Crippen molar-refractivity contribution in [3.8, 4) is 5.75 Å². The zero-order valence-electron chi connectivity index (χ0n) is 15.9. The monoisotopic (exact) mass is 393 g/mol. The minimum Gasteiger partial charge on any atom is -0.497 e. The van der Waals surface area contributed by atoms with Crippen LogP contribution in [0.2, 0.25) is 0 Å². The molecule has 0 aliphatic carbocycles. The second-order valence-electron chi connectivity index (χ2n) is 6.83. The lowest BCUT2D eigenvalue weighted by molar-refractivity contribution is -0.113. The van der Waals surface area contributed by atoms with Crippen molar-refractivity contribution in [1.29, 1.82) is 0 Å². The van der Waals surface area contributed by atoms with Crippen LogP contribution in [-0.4, -0.2) is 54.2 Å². The van der Waals surface area contributed by atoms with Crippen LogP contribution >= 0.6 is 11.8 Å². The lowest BCUT2D eigenvalue weighted by Crippen LogP contribution is -2.47. The molecule has 0 atom stereocenters. The third-order valence-corrected chi connectivity index (χ3v) is 5.96. The van der Waals surface area contributed by atoms with E-state index >= 15 is 0 Å². The number of piperazine rings is 1. The Balaban J connectivity index is 1.34. The Bertz CT molecular complexity index is 886. The molecule has 6 heteroatoms. The summed E-state index contributed by atoms with van der Waals surface area (Å²) in [5, 5.41) is 0.823. The number of rotatable bonds is 4. The van der Waals surface area contributed by atoms with Crippen molar-refractivity contribution in [3.63, 3.8) is 0 Å². The molecular formula is C22H23N3O2S. The first-order valence-electron chi connectivity index (χ1n) is 9.39. The molecule has 2 aromatic rings. The van der Waals surface area contributed by atoms with Gasteiger partial charge in [0.15, 0.2) is 5.17 Å². The topological polar surface area (TPSA) is 45.1 Å². The minimum atomic E-state index is -0.150. The molecule has 1 saturated heterocycles. The molecule has 2 heterocycles. The van der Waals surface area contributed by atoms with E-state index in [2.05, 4.69) is 39.1 Å². The largest absolute Gasteiger partial charge is 0.497 e. The molecule has 2 aliphatic heterocycles. The molecule has 2 aromatic carbocycles. The highest BCUT2D eigenvalue weighted by Gasteiger charge is 2.28. The SMILES string of the molecule is COc1ccc(C=C2SC(N3CCN(Cc4ccccc4)CC3)=NC2=O)cc1. The molecule has 144 valence electrons. The van der Waals surface area contributed by atoms with Gasteiger partial charge in [0.25, 0.3) is 5.91 Å². The van der Waals surface area contributed by atoms with Gasteiger partial charge in [-0.1, -0.05) is 42.5 Å². The van der Waals surface area contributed by atoms with E-state index in [0.29, 0.717) is 4.91 Å². The van der Waals surface area contributed by atoms with Crippen LogP contribution in [0.25, 0.3) is 6.08 Å². The summed E-state index contributed by atoms with van der Waals surface area (Å²) in [5.41, 5.74) is 2.31. The summed E-state index contributed by atoms with van der Waals surface area (Å²) in [5.74, 6) is 0.653. The molecule has 28 heavy (non-hydrogen) atoms. The minimum absolute atomic E-state index is 0.150. The van der Waals surface area contributed by atoms with E-state index in [4.69, 9.17) is 4.74 Å². The van der Waals surface area contributed by atoms with Crippen LogP contribution in [0, 0.1) is 0 Å². The van der Waals surface area contributed by atoms with Crippen LogP contribution in [0.15, 0.2) is 64.5 Å². The first-order chi connectivity index (χ1) is 13.7. The summed E-state index contributed by atoms with van der Waals surface area (Å²) in [4.78, 5) is 22.0. The van der Waals surface area contributed by atoms with Crippen molar-refractivity contribution in [2.45, 2.75) is 6.54 Å². The number of amidine groups is 1. The molecule has 0 spiro atoms. The van der Waals surface area contributed by atoms with E-state index in [1.54, 1.807) is 7.11 Å². The fourth-order valence-corrected chi connectivity index (χ4v) is 4.29. The van der Waals surface area contributed by atoms with Crippen molar-refractivity contribution in [3.05, 3.63) is 70.6 Å². The molecule has 4 rings (SSSR count). The maximum Gasteiger partial charge on any atom is 0.286 e. The average Bonchev–Trinajstić information content (AvgIpc) is 3.10. The molecule has 0 N–H and O–H groups in total. The van der Waals surface area contributed by atoms with Crippen LogP contribution in [0.4, 0.5) is 0 Å². The first kappa shape index (κ1) is 18.8. The summed E-state index contributed by atoms with van der Waals surface area (Å²) in [6.07, 6.45) is 1.90. The van der Waals surface area contributed by atoms with Gasteiger partial charge < -0.3 is 9.64 Å². The number of carbonyl (C=O) groups is 1. The highest BCUT2D eigenvalue weighted by Crippen LogP contribution is 2.31. The number of carbonyl (C=O) groups excluding carboxylic acids is 1. The number of aliphatic imine (C=N–C) groups is 1. The van der Waals surface area contributed by atoms with E-state index in [-0.39, 0.29) is 5.91 Å². The van der Waals surface area contributed by atoms with Gasteiger partial charge in [-0.05, 0) is 41.1 Å². The number of methoxy groups -OCH3 is 1. The standard InChI is InChI=1S/C22H23N3O2S/c1-27-19-9-7-17(8-10-19)15-20-21(26)23-22(28-20)25-13-11-24(12-14-25)16-18-5-3-2-4-6-18/h2-10,15H,11-14,16H2,1H3. The molecule has 5 nitrogen and oxygen atoms in total. The Hall–Kier alpha value is -2.57. The molecule has 1 amide bonds. The Morgan fingerprint density at radius 1 is 1.04 bits per heavy atom. The smallest absolute Gasteiger partial charge is 0.286 e. The third-order valence-electron chi connectivity index (χ3n) is 4.91. The normalized spacial score (nSPS) is 19.2. The Morgan fingerprint density at radius 2 is 1.75 bits per heavy atom. The number of amides is 1. The summed E-state index contributed by atoms with van der Waals surface area (Å²) >= 11 is 1.47. The van der Waals surface area contributed by atoms with Crippen LogP contribution in [-0.2, 0) is 11.3 Å². The lowest BCUT2D eigenvalue weighted by Gasteiger charge is -2.35. The molecule has 2 aliphatic rings. The molecule has 0 unspecified atom stereocenters. The first-order valence-corrected chi connectivity index (χ1v) is 10.2. The zero-order valence-corrected chi connectivity index (χ0v) is 16.7. The van der Waals surface area contributed by atoms with Crippen molar-refractivity contribution in [2.75, 3.05) is 33.3 Å². The quantitative estimate of drug-likeness (QED) is 0.744. The van der Waals surface area contributed by atoms with E-state index in [0.717, 1.165) is 49.2 Å². The van der Waals surface area contributed by atoms with Crippen LogP contribution < -0.4 is 4.74 Å². The lowest BCUT2D eigenvalue weighted by atomic mass is 10.2. The Kier molecular flexibility index (Phi) is 5.78. The maximum absolute atomic E-state index is 12.3. The van der Waals surface area contributed by atoms with E-state index in [1.165, 1.54) is 17.3 Å². The van der Waals surface area contributed by atoms with Crippen LogP contribution in [0.1, 0.15) is 11.1 Å². The van der Waals surface area contributed by atoms with Gasteiger partial charge in [0, 0.05) is 32.7 Å². The van der Waals surface area contributed by atoms with Crippen molar-refractivity contribution in [2.24, 2.45) is 4.99 Å². The van der Waals surface area contributed by atoms with Gasteiger partial charge in [-0.25, -0.2) is 0 Å². The van der Waals surface area contributed by atoms with Gasteiger partial charge in [0.2, 0.25) is 0 Å². The highest BCUT2D eigenvalue weighted by atomic mass is 32.2. The highest BCUT2D eigenvalue weighted by molar-refractivity contribution is 8.18. The summed E-state index contributed by atoms with van der Waals surface area (Å²) in [6.45, 7) is 4.69. The summed E-state index contributed by atoms with van der Waals surface area (Å²) in [7, 11) is 1.64. The van der Waals surface area contributed by atoms with Gasteiger partial charge in [-0.2, -0.15) is 4.99 Å².